The van der Waals surface area contributed by atoms with E-state index in [1.165, 1.54) is 7.11 Å². The predicted molar refractivity (Wildman–Crippen MR) is 102 cm³/mol. The quantitative estimate of drug-likeness (QED) is 0.611. The molecule has 0 aliphatic rings. The smallest absolute Gasteiger partial charge is 0.408 e. The highest BCUT2D eigenvalue weighted by atomic mass is 16.5. The first-order chi connectivity index (χ1) is 12.9. The Labute approximate surface area is 160 Å². The Hall–Kier alpha value is -2.57. The summed E-state index contributed by atoms with van der Waals surface area (Å²) in [6.07, 6.45) is 0.896. The molecule has 0 radical (unpaired) electrons. The molecule has 7 heteroatoms. The van der Waals surface area contributed by atoms with Gasteiger partial charge in [0.25, 0.3) is 0 Å². The van der Waals surface area contributed by atoms with Crippen LogP contribution in [0.3, 0.4) is 0 Å². The van der Waals surface area contributed by atoms with E-state index >= 15 is 0 Å². The van der Waals surface area contributed by atoms with Crippen molar-refractivity contribution < 1.29 is 23.9 Å². The molecule has 0 spiro atoms. The minimum atomic E-state index is -0.780. The summed E-state index contributed by atoms with van der Waals surface area (Å²) in [6.45, 7) is 5.92. The SMILES string of the molecule is CCC[C@@H](NC(=O)OCc1ccccc1)C(=O)N[C@H](CC(C)C)C(=O)OC. The highest BCUT2D eigenvalue weighted by Gasteiger charge is 2.27. The zero-order chi connectivity index (χ0) is 20.2. The van der Waals surface area contributed by atoms with Crippen LogP contribution in [-0.4, -0.2) is 37.2 Å². The summed E-state index contributed by atoms with van der Waals surface area (Å²) in [5, 5.41) is 5.26. The zero-order valence-corrected chi connectivity index (χ0v) is 16.5. The lowest BCUT2D eigenvalue weighted by molar-refractivity contribution is -0.145. The van der Waals surface area contributed by atoms with E-state index in [-0.39, 0.29) is 12.5 Å². The van der Waals surface area contributed by atoms with Crippen LogP contribution >= 0.6 is 0 Å². The van der Waals surface area contributed by atoms with Gasteiger partial charge in [0.1, 0.15) is 18.7 Å². The van der Waals surface area contributed by atoms with Crippen LogP contribution in [0.2, 0.25) is 0 Å². The van der Waals surface area contributed by atoms with Crippen molar-refractivity contribution in [3.8, 4) is 0 Å². The molecule has 1 aromatic carbocycles. The lowest BCUT2D eigenvalue weighted by atomic mass is 10.0. The molecule has 2 N–H and O–H groups in total. The number of nitrogens with one attached hydrogen (secondary N) is 2. The largest absolute Gasteiger partial charge is 0.467 e. The van der Waals surface area contributed by atoms with Crippen LogP contribution < -0.4 is 10.6 Å². The van der Waals surface area contributed by atoms with E-state index in [0.29, 0.717) is 19.3 Å². The standard InChI is InChI=1S/C20H30N2O5/c1-5-9-16(18(23)21-17(12-14(2)3)19(24)26-4)22-20(25)27-13-15-10-7-6-8-11-15/h6-8,10-11,14,16-17H,5,9,12-13H2,1-4H3,(H,21,23)(H,22,25)/t16-,17-/m1/s1. The number of carbonyl (C=O) groups is 3. The van der Waals surface area contributed by atoms with Gasteiger partial charge in [0.05, 0.1) is 7.11 Å². The maximum absolute atomic E-state index is 12.6. The highest BCUT2D eigenvalue weighted by molar-refractivity contribution is 5.89. The molecule has 0 unspecified atom stereocenters. The van der Waals surface area contributed by atoms with Gasteiger partial charge in [-0.2, -0.15) is 0 Å². The molecule has 0 aromatic heterocycles. The van der Waals surface area contributed by atoms with E-state index in [9.17, 15) is 14.4 Å². The summed E-state index contributed by atoms with van der Waals surface area (Å²) in [7, 11) is 1.28. The second kappa shape index (κ2) is 11.9. The summed E-state index contributed by atoms with van der Waals surface area (Å²) in [4.78, 5) is 36.5. The Morgan fingerprint density at radius 1 is 1.04 bits per heavy atom. The van der Waals surface area contributed by atoms with Gasteiger partial charge >= 0.3 is 12.1 Å². The van der Waals surface area contributed by atoms with Crippen LogP contribution in [0.4, 0.5) is 4.79 Å². The van der Waals surface area contributed by atoms with Crippen molar-refractivity contribution in [2.24, 2.45) is 5.92 Å². The number of ether oxygens (including phenoxy) is 2. The zero-order valence-electron chi connectivity index (χ0n) is 16.5. The Bertz CT molecular complexity index is 604. The Morgan fingerprint density at radius 3 is 2.26 bits per heavy atom. The van der Waals surface area contributed by atoms with Crippen molar-refractivity contribution in [1.29, 1.82) is 0 Å². The Balaban J connectivity index is 2.64. The van der Waals surface area contributed by atoms with Crippen molar-refractivity contribution in [2.45, 2.75) is 58.7 Å². The second-order valence-electron chi connectivity index (χ2n) is 6.76. The molecular weight excluding hydrogens is 348 g/mol. The van der Waals surface area contributed by atoms with Crippen LogP contribution in [0.25, 0.3) is 0 Å². The topological polar surface area (TPSA) is 93.7 Å². The van der Waals surface area contributed by atoms with Crippen LogP contribution in [0.5, 0.6) is 0 Å². The van der Waals surface area contributed by atoms with E-state index in [1.54, 1.807) is 0 Å². The average molecular weight is 378 g/mol. The van der Waals surface area contributed by atoms with Crippen molar-refractivity contribution in [3.63, 3.8) is 0 Å². The molecule has 0 saturated heterocycles. The van der Waals surface area contributed by atoms with Crippen LogP contribution in [0.15, 0.2) is 30.3 Å². The molecule has 0 fully saturated rings. The molecule has 150 valence electrons. The van der Waals surface area contributed by atoms with Crippen LogP contribution in [0.1, 0.15) is 45.6 Å². The maximum Gasteiger partial charge on any atom is 0.408 e. The number of esters is 1. The number of carbonyl (C=O) groups excluding carboxylic acids is 3. The first-order valence-electron chi connectivity index (χ1n) is 9.22. The molecule has 0 aliphatic carbocycles. The fraction of sp³-hybridized carbons (Fsp3) is 0.550. The van der Waals surface area contributed by atoms with E-state index in [1.807, 2.05) is 51.1 Å². The maximum atomic E-state index is 12.6. The fourth-order valence-corrected chi connectivity index (χ4v) is 2.56. The molecule has 2 atom stereocenters. The number of benzene rings is 1. The highest BCUT2D eigenvalue weighted by Crippen LogP contribution is 2.08. The normalized spacial score (nSPS) is 12.8. The lowest BCUT2D eigenvalue weighted by Gasteiger charge is -2.22. The van der Waals surface area contributed by atoms with Gasteiger partial charge in [-0.1, -0.05) is 57.5 Å². The van der Waals surface area contributed by atoms with Crippen molar-refractivity contribution in [2.75, 3.05) is 7.11 Å². The van der Waals surface area contributed by atoms with E-state index in [4.69, 9.17) is 9.47 Å². The van der Waals surface area contributed by atoms with Crippen molar-refractivity contribution in [3.05, 3.63) is 35.9 Å². The Morgan fingerprint density at radius 2 is 1.70 bits per heavy atom. The third-order valence-corrected chi connectivity index (χ3v) is 3.91. The van der Waals surface area contributed by atoms with Gasteiger partial charge in [-0.25, -0.2) is 9.59 Å². The molecule has 2 amide bonds. The number of hydrogen-bond donors (Lipinski definition) is 2. The van der Waals surface area contributed by atoms with E-state index < -0.39 is 30.1 Å². The van der Waals surface area contributed by atoms with Gasteiger partial charge in [-0.15, -0.1) is 0 Å². The molecule has 1 rings (SSSR count). The molecule has 0 bridgehead atoms. The van der Waals surface area contributed by atoms with Gasteiger partial charge in [0.2, 0.25) is 5.91 Å². The lowest BCUT2D eigenvalue weighted by Crippen LogP contribution is -2.52. The van der Waals surface area contributed by atoms with Gasteiger partial charge in [-0.3, -0.25) is 4.79 Å². The number of rotatable bonds is 10. The first-order valence-corrected chi connectivity index (χ1v) is 9.22. The summed E-state index contributed by atoms with van der Waals surface area (Å²) in [5.41, 5.74) is 0.854. The second-order valence-corrected chi connectivity index (χ2v) is 6.76. The summed E-state index contributed by atoms with van der Waals surface area (Å²) >= 11 is 0. The minimum absolute atomic E-state index is 0.116. The van der Waals surface area contributed by atoms with E-state index in [2.05, 4.69) is 10.6 Å². The summed E-state index contributed by atoms with van der Waals surface area (Å²) in [5.74, 6) is -0.730. The number of alkyl carbamates (subject to hydrolysis) is 1. The molecular formula is C20H30N2O5. The Kier molecular flexibility index (Phi) is 9.93. The fourth-order valence-electron chi connectivity index (χ4n) is 2.56. The monoisotopic (exact) mass is 378 g/mol. The first kappa shape index (κ1) is 22.5. The number of methoxy groups -OCH3 is 1. The minimum Gasteiger partial charge on any atom is -0.467 e. The number of hydrogen-bond acceptors (Lipinski definition) is 5. The molecule has 7 nitrogen and oxygen atoms in total. The average Bonchev–Trinajstić information content (AvgIpc) is 2.65. The molecule has 1 aromatic rings. The molecule has 0 heterocycles. The third-order valence-electron chi connectivity index (χ3n) is 3.91. The predicted octanol–water partition coefficient (Wildman–Crippen LogP) is 2.79. The third kappa shape index (κ3) is 8.57. The van der Waals surface area contributed by atoms with Gasteiger partial charge in [0.15, 0.2) is 0 Å². The van der Waals surface area contributed by atoms with Gasteiger partial charge in [0, 0.05) is 0 Å². The summed E-state index contributed by atoms with van der Waals surface area (Å²) in [6, 6.07) is 7.74. The van der Waals surface area contributed by atoms with Crippen LogP contribution in [0, 0.1) is 5.92 Å². The van der Waals surface area contributed by atoms with E-state index in [0.717, 1.165) is 5.56 Å². The van der Waals surface area contributed by atoms with Gasteiger partial charge in [-0.05, 0) is 24.3 Å². The summed E-state index contributed by atoms with van der Waals surface area (Å²) < 4.78 is 9.93. The van der Waals surface area contributed by atoms with Crippen molar-refractivity contribution >= 4 is 18.0 Å². The number of amides is 2. The van der Waals surface area contributed by atoms with Crippen LogP contribution in [-0.2, 0) is 25.7 Å². The molecule has 27 heavy (non-hydrogen) atoms. The molecule has 0 aliphatic heterocycles. The molecule has 0 saturated carbocycles. The van der Waals surface area contributed by atoms with Gasteiger partial charge < -0.3 is 20.1 Å². The van der Waals surface area contributed by atoms with Crippen molar-refractivity contribution in [1.82, 2.24) is 10.6 Å².